The van der Waals surface area contributed by atoms with Crippen LogP contribution in [0.25, 0.3) is 6.08 Å². The first kappa shape index (κ1) is 14.1. The molecule has 0 bridgehead atoms. The lowest BCUT2D eigenvalue weighted by atomic mass is 10.1. The van der Waals surface area contributed by atoms with Crippen LogP contribution >= 0.6 is 0 Å². The Balaban J connectivity index is 3.12. The number of hydrogen-bond acceptors (Lipinski definition) is 2. The molecular weight excluding hydrogens is 249 g/mol. The number of carbonyl (C=O) groups is 1. The van der Waals surface area contributed by atoms with Gasteiger partial charge in [-0.15, -0.1) is 13.2 Å². The van der Waals surface area contributed by atoms with Crippen molar-refractivity contribution in [1.82, 2.24) is 0 Å². The average Bonchev–Trinajstić information content (AvgIpc) is 2.25. The van der Waals surface area contributed by atoms with Gasteiger partial charge in [0.15, 0.2) is 0 Å². The number of halogens is 3. The van der Waals surface area contributed by atoms with E-state index in [-0.39, 0.29) is 5.56 Å². The summed E-state index contributed by atoms with van der Waals surface area (Å²) in [5.74, 6) is -1.66. The van der Waals surface area contributed by atoms with Gasteiger partial charge in [0.05, 0.1) is 0 Å². The Bertz CT molecular complexity index is 464. The third-order valence-corrected chi connectivity index (χ3v) is 2.11. The van der Waals surface area contributed by atoms with Gasteiger partial charge in [0.2, 0.25) is 0 Å². The number of ether oxygens (including phenoxy) is 1. The van der Waals surface area contributed by atoms with Crippen LogP contribution in [-0.2, 0) is 11.2 Å². The van der Waals surface area contributed by atoms with Crippen molar-refractivity contribution in [2.24, 2.45) is 0 Å². The van der Waals surface area contributed by atoms with Crippen LogP contribution in [0.5, 0.6) is 5.75 Å². The number of aryl methyl sites for hydroxylation is 1. The maximum absolute atomic E-state index is 12.1. The molecule has 0 unspecified atom stereocenters. The smallest absolute Gasteiger partial charge is 0.478 e. The highest BCUT2D eigenvalue weighted by molar-refractivity contribution is 5.86. The summed E-state index contributed by atoms with van der Waals surface area (Å²) in [6, 6.07) is 4.13. The molecule has 3 nitrogen and oxygen atoms in total. The average molecular weight is 260 g/mol. The van der Waals surface area contributed by atoms with Gasteiger partial charge in [0.1, 0.15) is 5.75 Å². The van der Waals surface area contributed by atoms with Gasteiger partial charge in [0.25, 0.3) is 0 Å². The Morgan fingerprint density at radius 1 is 1.44 bits per heavy atom. The van der Waals surface area contributed by atoms with Crippen molar-refractivity contribution in [2.45, 2.75) is 19.7 Å². The number of benzene rings is 1. The lowest BCUT2D eigenvalue weighted by Crippen LogP contribution is -2.17. The van der Waals surface area contributed by atoms with Crippen molar-refractivity contribution in [3.63, 3.8) is 0 Å². The van der Waals surface area contributed by atoms with Crippen LogP contribution in [-0.4, -0.2) is 17.4 Å². The van der Waals surface area contributed by atoms with Gasteiger partial charge in [-0.25, -0.2) is 4.79 Å². The van der Waals surface area contributed by atoms with Crippen LogP contribution < -0.4 is 4.74 Å². The number of aliphatic carboxylic acids is 1. The minimum absolute atomic E-state index is 0.0778. The third-order valence-electron chi connectivity index (χ3n) is 2.11. The molecule has 0 heterocycles. The Morgan fingerprint density at radius 3 is 2.61 bits per heavy atom. The van der Waals surface area contributed by atoms with Crippen molar-refractivity contribution >= 4 is 12.0 Å². The van der Waals surface area contributed by atoms with E-state index in [0.29, 0.717) is 6.42 Å². The molecule has 1 N–H and O–H groups in total. The predicted molar refractivity (Wildman–Crippen MR) is 59.2 cm³/mol. The van der Waals surface area contributed by atoms with Crippen LogP contribution in [0.2, 0.25) is 0 Å². The van der Waals surface area contributed by atoms with Crippen molar-refractivity contribution in [2.75, 3.05) is 0 Å². The maximum Gasteiger partial charge on any atom is 0.573 e. The number of alkyl halides is 3. The fraction of sp³-hybridized carbons (Fsp3) is 0.250. The highest BCUT2D eigenvalue weighted by atomic mass is 19.4. The van der Waals surface area contributed by atoms with Crippen molar-refractivity contribution in [3.8, 4) is 5.75 Å². The molecule has 1 aromatic carbocycles. The number of hydrogen-bond donors (Lipinski definition) is 1. The molecule has 0 aromatic heterocycles. The third kappa shape index (κ3) is 4.48. The molecule has 0 radical (unpaired) electrons. The standard InChI is InChI=1S/C12H11F3O3/c1-2-8-3-5-10(18-12(13,14)15)9(7-8)4-6-11(16)17/h3-7H,2H2,1H3,(H,16,17)/b6-4+. The topological polar surface area (TPSA) is 46.5 Å². The summed E-state index contributed by atoms with van der Waals surface area (Å²) < 4.78 is 40.2. The lowest BCUT2D eigenvalue weighted by Gasteiger charge is -2.12. The molecule has 0 saturated heterocycles. The zero-order valence-electron chi connectivity index (χ0n) is 9.49. The molecule has 0 fully saturated rings. The number of rotatable bonds is 4. The second-order valence-corrected chi connectivity index (χ2v) is 3.45. The summed E-state index contributed by atoms with van der Waals surface area (Å²) in [6.45, 7) is 1.84. The zero-order valence-corrected chi connectivity index (χ0v) is 9.49. The summed E-state index contributed by atoms with van der Waals surface area (Å²) >= 11 is 0. The Kier molecular flexibility index (Phi) is 4.36. The fourth-order valence-electron chi connectivity index (χ4n) is 1.33. The Morgan fingerprint density at radius 2 is 2.11 bits per heavy atom. The van der Waals surface area contributed by atoms with E-state index in [0.717, 1.165) is 17.7 Å². The first-order chi connectivity index (χ1) is 8.31. The summed E-state index contributed by atoms with van der Waals surface area (Å²) in [7, 11) is 0. The van der Waals surface area contributed by atoms with Gasteiger partial charge in [-0.3, -0.25) is 0 Å². The van der Waals surface area contributed by atoms with Crippen molar-refractivity contribution < 1.29 is 27.8 Å². The molecule has 1 rings (SSSR count). The monoisotopic (exact) mass is 260 g/mol. The predicted octanol–water partition coefficient (Wildman–Crippen LogP) is 3.25. The molecule has 0 aliphatic rings. The summed E-state index contributed by atoms with van der Waals surface area (Å²) in [4.78, 5) is 10.4. The first-order valence-corrected chi connectivity index (χ1v) is 5.11. The second kappa shape index (κ2) is 5.57. The lowest BCUT2D eigenvalue weighted by molar-refractivity contribution is -0.274. The largest absolute Gasteiger partial charge is 0.573 e. The van der Waals surface area contributed by atoms with Gasteiger partial charge >= 0.3 is 12.3 Å². The number of carboxylic acids is 1. The van der Waals surface area contributed by atoms with Crippen LogP contribution in [0.3, 0.4) is 0 Å². The molecule has 0 spiro atoms. The van der Waals surface area contributed by atoms with E-state index in [1.54, 1.807) is 0 Å². The van der Waals surface area contributed by atoms with Gasteiger partial charge in [-0.1, -0.05) is 13.0 Å². The minimum Gasteiger partial charge on any atom is -0.478 e. The van der Waals surface area contributed by atoms with E-state index in [1.165, 1.54) is 18.2 Å². The Hall–Kier alpha value is -1.98. The normalized spacial score (nSPS) is 11.8. The Labute approximate surface area is 101 Å². The SMILES string of the molecule is CCc1ccc(OC(F)(F)F)c(/C=C/C(=O)O)c1. The molecule has 18 heavy (non-hydrogen) atoms. The first-order valence-electron chi connectivity index (χ1n) is 5.11. The molecule has 0 amide bonds. The van der Waals surface area contributed by atoms with E-state index in [1.807, 2.05) is 6.92 Å². The van der Waals surface area contributed by atoms with E-state index in [4.69, 9.17) is 5.11 Å². The van der Waals surface area contributed by atoms with E-state index < -0.39 is 18.1 Å². The minimum atomic E-state index is -4.81. The highest BCUT2D eigenvalue weighted by Gasteiger charge is 2.31. The van der Waals surface area contributed by atoms with Gasteiger partial charge in [0, 0.05) is 11.6 Å². The van der Waals surface area contributed by atoms with E-state index in [2.05, 4.69) is 4.74 Å². The van der Waals surface area contributed by atoms with Crippen LogP contribution in [0.15, 0.2) is 24.3 Å². The highest BCUT2D eigenvalue weighted by Crippen LogP contribution is 2.28. The molecule has 6 heteroatoms. The van der Waals surface area contributed by atoms with E-state index in [9.17, 15) is 18.0 Å². The summed E-state index contributed by atoms with van der Waals surface area (Å²) in [5.41, 5.74) is 0.864. The molecule has 0 saturated carbocycles. The number of carboxylic acid groups (broad SMARTS) is 1. The van der Waals surface area contributed by atoms with Crippen LogP contribution in [0, 0.1) is 0 Å². The van der Waals surface area contributed by atoms with Crippen LogP contribution in [0.4, 0.5) is 13.2 Å². The summed E-state index contributed by atoms with van der Waals surface area (Å²) in [6.07, 6.45) is -2.35. The summed E-state index contributed by atoms with van der Waals surface area (Å²) in [5, 5.41) is 8.47. The molecule has 98 valence electrons. The molecule has 1 aromatic rings. The fourth-order valence-corrected chi connectivity index (χ4v) is 1.33. The zero-order chi connectivity index (χ0) is 13.8. The van der Waals surface area contributed by atoms with E-state index >= 15 is 0 Å². The molecule has 0 atom stereocenters. The van der Waals surface area contributed by atoms with Crippen LogP contribution in [0.1, 0.15) is 18.1 Å². The quantitative estimate of drug-likeness (QED) is 0.845. The molecule has 0 aliphatic carbocycles. The maximum atomic E-state index is 12.1. The van der Waals surface area contributed by atoms with Crippen molar-refractivity contribution in [3.05, 3.63) is 35.4 Å². The second-order valence-electron chi connectivity index (χ2n) is 3.45. The van der Waals surface area contributed by atoms with Gasteiger partial charge < -0.3 is 9.84 Å². The molecule has 0 aliphatic heterocycles. The van der Waals surface area contributed by atoms with Gasteiger partial charge in [-0.2, -0.15) is 0 Å². The molecular formula is C12H11F3O3. The van der Waals surface area contributed by atoms with Crippen molar-refractivity contribution in [1.29, 1.82) is 0 Å². The van der Waals surface area contributed by atoms with Gasteiger partial charge in [-0.05, 0) is 30.2 Å².